The summed E-state index contributed by atoms with van der Waals surface area (Å²) in [7, 11) is 3.17. The van der Waals surface area contributed by atoms with Crippen LogP contribution in [0.15, 0.2) is 42.5 Å². The molecule has 0 saturated heterocycles. The summed E-state index contributed by atoms with van der Waals surface area (Å²) in [4.78, 5) is 12.1. The third-order valence-electron chi connectivity index (χ3n) is 3.57. The Bertz CT molecular complexity index is 688. The Morgan fingerprint density at radius 2 is 1.96 bits per heavy atom. The van der Waals surface area contributed by atoms with Gasteiger partial charge in [0.15, 0.2) is 0 Å². The largest absolute Gasteiger partial charge is 0.497 e. The van der Waals surface area contributed by atoms with Crippen molar-refractivity contribution in [2.24, 2.45) is 0 Å². The van der Waals surface area contributed by atoms with Crippen molar-refractivity contribution in [1.82, 2.24) is 0 Å². The van der Waals surface area contributed by atoms with Gasteiger partial charge in [-0.25, -0.2) is 4.39 Å². The molecule has 0 aromatic heterocycles. The minimum Gasteiger partial charge on any atom is -0.497 e. The maximum Gasteiger partial charge on any atom is 0.224 e. The van der Waals surface area contributed by atoms with E-state index in [0.29, 0.717) is 17.2 Å². The van der Waals surface area contributed by atoms with E-state index in [4.69, 9.17) is 9.47 Å². The smallest absolute Gasteiger partial charge is 0.224 e. The predicted molar refractivity (Wildman–Crippen MR) is 87.6 cm³/mol. The summed E-state index contributed by atoms with van der Waals surface area (Å²) in [6.45, 7) is 1.94. The fourth-order valence-corrected chi connectivity index (χ4v) is 2.39. The van der Waals surface area contributed by atoms with E-state index in [1.54, 1.807) is 32.4 Å². The minimum absolute atomic E-state index is 0.0515. The average molecular weight is 317 g/mol. The molecule has 0 radical (unpaired) electrons. The van der Waals surface area contributed by atoms with Crippen LogP contribution in [0.5, 0.6) is 11.5 Å². The van der Waals surface area contributed by atoms with Crippen molar-refractivity contribution in [2.75, 3.05) is 19.5 Å². The van der Waals surface area contributed by atoms with E-state index in [0.717, 1.165) is 5.56 Å². The Hall–Kier alpha value is -2.56. The summed E-state index contributed by atoms with van der Waals surface area (Å²) in [5.41, 5.74) is 1.37. The zero-order valence-electron chi connectivity index (χ0n) is 13.4. The molecule has 5 heteroatoms. The quantitative estimate of drug-likeness (QED) is 0.877. The number of carbonyl (C=O) groups excluding carboxylic acids is 1. The van der Waals surface area contributed by atoms with Gasteiger partial charge in [0.1, 0.15) is 17.3 Å². The molecule has 23 heavy (non-hydrogen) atoms. The topological polar surface area (TPSA) is 47.6 Å². The van der Waals surface area contributed by atoms with Crippen LogP contribution in [-0.2, 0) is 4.79 Å². The van der Waals surface area contributed by atoms with Crippen molar-refractivity contribution in [1.29, 1.82) is 0 Å². The molecule has 1 unspecified atom stereocenters. The molecular formula is C18H20FNO3. The molecule has 2 rings (SSSR count). The maximum atomic E-state index is 13.1. The van der Waals surface area contributed by atoms with Gasteiger partial charge in [0.2, 0.25) is 5.91 Å². The molecule has 0 aliphatic carbocycles. The molecule has 2 aromatic carbocycles. The highest BCUT2D eigenvalue weighted by Gasteiger charge is 2.16. The zero-order chi connectivity index (χ0) is 16.8. The van der Waals surface area contributed by atoms with Gasteiger partial charge >= 0.3 is 0 Å². The van der Waals surface area contributed by atoms with Crippen molar-refractivity contribution >= 4 is 11.6 Å². The first-order valence-electron chi connectivity index (χ1n) is 7.31. The van der Waals surface area contributed by atoms with Crippen LogP contribution < -0.4 is 14.8 Å². The lowest BCUT2D eigenvalue weighted by molar-refractivity contribution is -0.116. The van der Waals surface area contributed by atoms with Crippen LogP contribution in [0.2, 0.25) is 0 Å². The summed E-state index contributed by atoms with van der Waals surface area (Å²) in [5, 5.41) is 2.70. The zero-order valence-corrected chi connectivity index (χ0v) is 13.4. The SMILES string of the molecule is COc1ccc(C(C)CC(=O)Nc2cccc(F)c2)c(OC)c1. The fraction of sp³-hybridized carbons (Fsp3) is 0.278. The van der Waals surface area contributed by atoms with Crippen molar-refractivity contribution in [3.63, 3.8) is 0 Å². The lowest BCUT2D eigenvalue weighted by atomic mass is 9.96. The van der Waals surface area contributed by atoms with Gasteiger partial charge in [0.25, 0.3) is 0 Å². The summed E-state index contributed by atoms with van der Waals surface area (Å²) >= 11 is 0. The van der Waals surface area contributed by atoms with Gasteiger partial charge in [0.05, 0.1) is 14.2 Å². The molecule has 0 spiro atoms. The number of halogens is 1. The van der Waals surface area contributed by atoms with Crippen LogP contribution in [0, 0.1) is 5.82 Å². The molecule has 4 nitrogen and oxygen atoms in total. The molecule has 0 fully saturated rings. The van der Waals surface area contributed by atoms with Crippen LogP contribution in [0.25, 0.3) is 0 Å². The van der Waals surface area contributed by atoms with Crippen molar-refractivity contribution < 1.29 is 18.7 Å². The summed E-state index contributed by atoms with van der Waals surface area (Å²) in [6.07, 6.45) is 0.263. The number of nitrogens with one attached hydrogen (secondary N) is 1. The van der Waals surface area contributed by atoms with E-state index in [2.05, 4.69) is 5.32 Å². The summed E-state index contributed by atoms with van der Waals surface area (Å²) < 4.78 is 23.7. The van der Waals surface area contributed by atoms with E-state index >= 15 is 0 Å². The summed E-state index contributed by atoms with van der Waals surface area (Å²) in [5.74, 6) is 0.760. The second-order valence-electron chi connectivity index (χ2n) is 5.27. The van der Waals surface area contributed by atoms with E-state index in [1.807, 2.05) is 19.1 Å². The van der Waals surface area contributed by atoms with Gasteiger partial charge in [-0.2, -0.15) is 0 Å². The normalized spacial score (nSPS) is 11.7. The van der Waals surface area contributed by atoms with Gasteiger partial charge in [-0.3, -0.25) is 4.79 Å². The number of methoxy groups -OCH3 is 2. The van der Waals surface area contributed by atoms with E-state index in [1.165, 1.54) is 12.1 Å². The summed E-state index contributed by atoms with van der Waals surface area (Å²) in [6, 6.07) is 11.3. The number of hydrogen-bond donors (Lipinski definition) is 1. The Labute approximate surface area is 135 Å². The highest BCUT2D eigenvalue weighted by Crippen LogP contribution is 2.32. The second kappa shape index (κ2) is 7.63. The van der Waals surface area contributed by atoms with Crippen LogP contribution >= 0.6 is 0 Å². The molecule has 122 valence electrons. The van der Waals surface area contributed by atoms with E-state index in [9.17, 15) is 9.18 Å². The number of benzene rings is 2. The van der Waals surface area contributed by atoms with Gasteiger partial charge in [-0.05, 0) is 35.7 Å². The highest BCUT2D eigenvalue weighted by molar-refractivity contribution is 5.91. The number of carbonyl (C=O) groups is 1. The molecule has 0 heterocycles. The van der Waals surface area contributed by atoms with E-state index < -0.39 is 0 Å². The van der Waals surface area contributed by atoms with E-state index in [-0.39, 0.29) is 24.1 Å². The number of anilines is 1. The van der Waals surface area contributed by atoms with Crippen LogP contribution in [0.1, 0.15) is 24.8 Å². The molecular weight excluding hydrogens is 297 g/mol. The first kappa shape index (κ1) is 16.8. The Morgan fingerprint density at radius 1 is 1.17 bits per heavy atom. The van der Waals surface area contributed by atoms with Crippen molar-refractivity contribution in [3.8, 4) is 11.5 Å². The second-order valence-corrected chi connectivity index (χ2v) is 5.27. The molecule has 0 aliphatic rings. The van der Waals surface area contributed by atoms with Crippen LogP contribution in [0.3, 0.4) is 0 Å². The first-order valence-corrected chi connectivity index (χ1v) is 7.31. The number of rotatable bonds is 6. The number of hydrogen-bond acceptors (Lipinski definition) is 3. The predicted octanol–water partition coefficient (Wildman–Crippen LogP) is 3.98. The number of amides is 1. The Morgan fingerprint density at radius 3 is 2.61 bits per heavy atom. The Balaban J connectivity index is 2.06. The van der Waals surface area contributed by atoms with Gasteiger partial charge in [-0.15, -0.1) is 0 Å². The highest BCUT2D eigenvalue weighted by atomic mass is 19.1. The van der Waals surface area contributed by atoms with Gasteiger partial charge in [0, 0.05) is 18.2 Å². The number of ether oxygens (including phenoxy) is 2. The molecule has 1 atom stereocenters. The lowest BCUT2D eigenvalue weighted by Gasteiger charge is -2.16. The molecule has 1 N–H and O–H groups in total. The van der Waals surface area contributed by atoms with Crippen molar-refractivity contribution in [2.45, 2.75) is 19.3 Å². The molecule has 2 aromatic rings. The molecule has 1 amide bonds. The molecule has 0 saturated carbocycles. The van der Waals surface area contributed by atoms with Gasteiger partial charge in [-0.1, -0.05) is 19.1 Å². The first-order chi connectivity index (χ1) is 11.0. The standard InChI is InChI=1S/C18H20FNO3/c1-12(16-8-7-15(22-2)11-17(16)23-3)9-18(21)20-14-6-4-5-13(19)10-14/h4-8,10-12H,9H2,1-3H3,(H,20,21). The van der Waals surface area contributed by atoms with Gasteiger partial charge < -0.3 is 14.8 Å². The third kappa shape index (κ3) is 4.45. The molecule has 0 aliphatic heterocycles. The van der Waals surface area contributed by atoms with Crippen LogP contribution in [-0.4, -0.2) is 20.1 Å². The maximum absolute atomic E-state index is 13.1. The fourth-order valence-electron chi connectivity index (χ4n) is 2.39. The third-order valence-corrected chi connectivity index (χ3v) is 3.57. The Kier molecular flexibility index (Phi) is 5.57. The monoisotopic (exact) mass is 317 g/mol. The molecule has 0 bridgehead atoms. The lowest BCUT2D eigenvalue weighted by Crippen LogP contribution is -2.15. The van der Waals surface area contributed by atoms with Crippen LogP contribution in [0.4, 0.5) is 10.1 Å². The van der Waals surface area contributed by atoms with Crippen molar-refractivity contribution in [3.05, 3.63) is 53.8 Å². The minimum atomic E-state index is -0.382. The average Bonchev–Trinajstić information content (AvgIpc) is 2.53.